The first-order chi connectivity index (χ1) is 12.7. The van der Waals surface area contributed by atoms with E-state index in [9.17, 15) is 9.90 Å². The van der Waals surface area contributed by atoms with Gasteiger partial charge in [0.15, 0.2) is 0 Å². The molecular weight excluding hydrogens is 338 g/mol. The molecule has 0 unspecified atom stereocenters. The average molecular weight is 365 g/mol. The van der Waals surface area contributed by atoms with Crippen molar-refractivity contribution in [3.8, 4) is 5.75 Å². The second-order valence-electron chi connectivity index (χ2n) is 7.50. The largest absolute Gasteiger partial charge is 0.507 e. The standard InChI is InChI=1S/C23H27NO3/c1-16-11-13-18(14-12-16)22(24-23(3,4)5)17(2)20(25)15-21(26)27-19-9-7-6-8-10-19/h6-15,24-25H,1-5H3/b20-15-,22-17-. The number of aliphatic hydroxyl groups excluding tert-OH is 1. The van der Waals surface area contributed by atoms with Gasteiger partial charge in [0.25, 0.3) is 0 Å². The second-order valence-corrected chi connectivity index (χ2v) is 7.50. The Bertz CT molecular complexity index is 841. The lowest BCUT2D eigenvalue weighted by Gasteiger charge is -2.26. The number of carbonyl (C=O) groups excluding carboxylic acids is 1. The summed E-state index contributed by atoms with van der Waals surface area (Å²) >= 11 is 0. The van der Waals surface area contributed by atoms with Crippen LogP contribution in [0.5, 0.6) is 5.75 Å². The topological polar surface area (TPSA) is 58.6 Å². The van der Waals surface area contributed by atoms with Gasteiger partial charge in [-0.05, 0) is 52.3 Å². The molecule has 0 aliphatic heterocycles. The Morgan fingerprint density at radius 2 is 1.63 bits per heavy atom. The molecule has 2 aromatic carbocycles. The third-order valence-corrected chi connectivity index (χ3v) is 3.82. The molecular formula is C23H27NO3. The van der Waals surface area contributed by atoms with Crippen LogP contribution in [0.1, 0.15) is 38.8 Å². The summed E-state index contributed by atoms with van der Waals surface area (Å²) in [5, 5.41) is 13.9. The molecule has 27 heavy (non-hydrogen) atoms. The monoisotopic (exact) mass is 365 g/mol. The fourth-order valence-electron chi connectivity index (χ4n) is 2.46. The van der Waals surface area contributed by atoms with Crippen LogP contribution >= 0.6 is 0 Å². The van der Waals surface area contributed by atoms with Crippen LogP contribution in [0, 0.1) is 6.92 Å². The lowest BCUT2D eigenvalue weighted by Crippen LogP contribution is -2.35. The van der Waals surface area contributed by atoms with Crippen LogP contribution in [-0.4, -0.2) is 16.6 Å². The van der Waals surface area contributed by atoms with Gasteiger partial charge in [-0.15, -0.1) is 0 Å². The summed E-state index contributed by atoms with van der Waals surface area (Å²) in [5.74, 6) is -0.333. The maximum absolute atomic E-state index is 12.1. The average Bonchev–Trinajstić information content (AvgIpc) is 2.60. The Morgan fingerprint density at radius 3 is 2.19 bits per heavy atom. The molecule has 4 heteroatoms. The Balaban J connectivity index is 2.34. The Hall–Kier alpha value is -3.01. The molecule has 142 valence electrons. The maximum atomic E-state index is 12.1. The summed E-state index contributed by atoms with van der Waals surface area (Å²) in [4.78, 5) is 12.1. The molecule has 0 saturated heterocycles. The number of aryl methyl sites for hydroxylation is 1. The number of esters is 1. The molecule has 0 heterocycles. The van der Waals surface area contributed by atoms with Gasteiger partial charge in [-0.3, -0.25) is 0 Å². The van der Waals surface area contributed by atoms with Crippen LogP contribution in [0.4, 0.5) is 0 Å². The molecule has 4 nitrogen and oxygen atoms in total. The molecule has 0 aromatic heterocycles. The Morgan fingerprint density at radius 1 is 1.04 bits per heavy atom. The van der Waals surface area contributed by atoms with Gasteiger partial charge in [0.1, 0.15) is 11.5 Å². The summed E-state index contributed by atoms with van der Waals surface area (Å²) in [6, 6.07) is 16.8. The quantitative estimate of drug-likeness (QED) is 0.253. The van der Waals surface area contributed by atoms with Gasteiger partial charge in [-0.1, -0.05) is 48.0 Å². The molecule has 0 atom stereocenters. The number of ether oxygens (including phenoxy) is 1. The van der Waals surface area contributed by atoms with Crippen LogP contribution < -0.4 is 10.1 Å². The number of rotatable bonds is 5. The number of allylic oxidation sites excluding steroid dienone is 1. The van der Waals surface area contributed by atoms with Crippen LogP contribution in [0.15, 0.2) is 72.0 Å². The maximum Gasteiger partial charge on any atom is 0.339 e. The van der Waals surface area contributed by atoms with E-state index in [-0.39, 0.29) is 11.3 Å². The van der Waals surface area contributed by atoms with Gasteiger partial charge in [-0.2, -0.15) is 0 Å². The molecule has 2 rings (SSSR count). The molecule has 0 aliphatic rings. The third kappa shape index (κ3) is 6.33. The number of aliphatic hydroxyl groups is 1. The fourth-order valence-corrected chi connectivity index (χ4v) is 2.46. The molecule has 0 saturated carbocycles. The fraction of sp³-hybridized carbons (Fsp3) is 0.261. The van der Waals surface area contributed by atoms with Crippen LogP contribution in [0.3, 0.4) is 0 Å². The van der Waals surface area contributed by atoms with E-state index in [4.69, 9.17) is 4.74 Å². The van der Waals surface area contributed by atoms with E-state index in [1.807, 2.05) is 58.0 Å². The third-order valence-electron chi connectivity index (χ3n) is 3.82. The van der Waals surface area contributed by atoms with Gasteiger partial charge in [0.05, 0.1) is 6.08 Å². The summed E-state index contributed by atoms with van der Waals surface area (Å²) in [5.41, 5.74) is 3.21. The highest BCUT2D eigenvalue weighted by molar-refractivity contribution is 5.86. The minimum Gasteiger partial charge on any atom is -0.507 e. The van der Waals surface area contributed by atoms with Crippen molar-refractivity contribution in [3.63, 3.8) is 0 Å². The van der Waals surface area contributed by atoms with E-state index >= 15 is 0 Å². The highest BCUT2D eigenvalue weighted by Crippen LogP contribution is 2.23. The van der Waals surface area contributed by atoms with E-state index in [0.29, 0.717) is 11.3 Å². The molecule has 0 amide bonds. The first kappa shape index (κ1) is 20.3. The van der Waals surface area contributed by atoms with E-state index in [0.717, 1.165) is 22.9 Å². The zero-order valence-electron chi connectivity index (χ0n) is 16.5. The van der Waals surface area contributed by atoms with Crippen molar-refractivity contribution < 1.29 is 14.6 Å². The summed E-state index contributed by atoms with van der Waals surface area (Å²) in [7, 11) is 0. The lowest BCUT2D eigenvalue weighted by atomic mass is 10.0. The number of hydrogen-bond acceptors (Lipinski definition) is 4. The molecule has 2 N–H and O–H groups in total. The van der Waals surface area contributed by atoms with Crippen LogP contribution in [0.2, 0.25) is 0 Å². The first-order valence-electron chi connectivity index (χ1n) is 8.90. The van der Waals surface area contributed by atoms with Gasteiger partial charge >= 0.3 is 5.97 Å². The SMILES string of the molecule is CC(/C(O)=C/C(=O)Oc1ccccc1)=C(/NC(C)(C)C)c1ccc(C)cc1. The van der Waals surface area contributed by atoms with Gasteiger partial charge < -0.3 is 15.2 Å². The number of hydrogen-bond donors (Lipinski definition) is 2. The van der Waals surface area contributed by atoms with Crippen molar-refractivity contribution in [2.75, 3.05) is 0 Å². The number of carbonyl (C=O) groups is 1. The van der Waals surface area contributed by atoms with Gasteiger partial charge in [0, 0.05) is 16.8 Å². The zero-order valence-corrected chi connectivity index (χ0v) is 16.5. The predicted molar refractivity (Wildman–Crippen MR) is 109 cm³/mol. The van der Waals surface area contributed by atoms with Crippen LogP contribution in [-0.2, 0) is 4.79 Å². The van der Waals surface area contributed by atoms with Gasteiger partial charge in [-0.25, -0.2) is 4.79 Å². The van der Waals surface area contributed by atoms with Crippen molar-refractivity contribution in [3.05, 3.63) is 83.1 Å². The molecule has 0 radical (unpaired) electrons. The van der Waals surface area contributed by atoms with Crippen molar-refractivity contribution in [2.45, 2.75) is 40.2 Å². The molecule has 0 aliphatic carbocycles. The van der Waals surface area contributed by atoms with Crippen molar-refractivity contribution in [1.29, 1.82) is 0 Å². The molecule has 2 aromatic rings. The summed E-state index contributed by atoms with van der Waals surface area (Å²) in [6.07, 6.45) is 1.10. The smallest absolute Gasteiger partial charge is 0.339 e. The number of nitrogens with one attached hydrogen (secondary N) is 1. The van der Waals surface area contributed by atoms with E-state index in [1.54, 1.807) is 31.2 Å². The molecule has 0 spiro atoms. The second kappa shape index (κ2) is 8.58. The predicted octanol–water partition coefficient (Wildman–Crippen LogP) is 5.16. The summed E-state index contributed by atoms with van der Waals surface area (Å²) in [6.45, 7) is 9.92. The van der Waals surface area contributed by atoms with E-state index < -0.39 is 5.97 Å². The van der Waals surface area contributed by atoms with Gasteiger partial charge in [0.2, 0.25) is 0 Å². The molecule has 0 fully saturated rings. The number of benzene rings is 2. The van der Waals surface area contributed by atoms with Crippen molar-refractivity contribution in [1.82, 2.24) is 5.32 Å². The van der Waals surface area contributed by atoms with E-state index in [2.05, 4.69) is 5.32 Å². The lowest BCUT2D eigenvalue weighted by molar-refractivity contribution is -0.129. The Kier molecular flexibility index (Phi) is 6.45. The van der Waals surface area contributed by atoms with Crippen molar-refractivity contribution in [2.24, 2.45) is 0 Å². The highest BCUT2D eigenvalue weighted by Gasteiger charge is 2.17. The van der Waals surface area contributed by atoms with Crippen LogP contribution in [0.25, 0.3) is 5.70 Å². The first-order valence-corrected chi connectivity index (χ1v) is 8.90. The Labute approximate surface area is 161 Å². The molecule has 0 bridgehead atoms. The normalized spacial score (nSPS) is 13.0. The van der Waals surface area contributed by atoms with Crippen molar-refractivity contribution >= 4 is 11.7 Å². The zero-order chi connectivity index (χ0) is 20.0. The minimum atomic E-state index is -0.628. The number of para-hydroxylation sites is 1. The summed E-state index contributed by atoms with van der Waals surface area (Å²) < 4.78 is 5.22. The van der Waals surface area contributed by atoms with E-state index in [1.165, 1.54) is 0 Å². The minimum absolute atomic E-state index is 0.136. The highest BCUT2D eigenvalue weighted by atomic mass is 16.5.